The maximum atomic E-state index is 13.1. The second kappa shape index (κ2) is 8.89. The number of nitrogens with one attached hydrogen (secondary N) is 2. The Hall–Kier alpha value is -2.84. The minimum Gasteiger partial charge on any atom is -0.360 e. The molecule has 158 valence electrons. The van der Waals surface area contributed by atoms with E-state index in [0.717, 1.165) is 17.1 Å². The Bertz CT molecular complexity index is 1240. The summed E-state index contributed by atoms with van der Waals surface area (Å²) in [6.07, 6.45) is 3.06. The summed E-state index contributed by atoms with van der Waals surface area (Å²) < 4.78 is 27.2. The van der Waals surface area contributed by atoms with E-state index in [1.54, 1.807) is 24.3 Å². The Morgan fingerprint density at radius 2 is 1.87 bits per heavy atom. The van der Waals surface area contributed by atoms with E-state index in [2.05, 4.69) is 10.3 Å². The zero-order valence-corrected chi connectivity index (χ0v) is 18.2. The number of carbonyl (C=O) groups is 1. The first-order valence-corrected chi connectivity index (χ1v) is 11.3. The molecule has 0 fully saturated rings. The molecule has 2 aromatic carbocycles. The normalized spacial score (nSPS) is 11.4. The Balaban J connectivity index is 2.01. The number of anilines is 1. The Morgan fingerprint density at radius 3 is 2.53 bits per heavy atom. The van der Waals surface area contributed by atoms with E-state index in [1.165, 1.54) is 31.4 Å². The summed E-state index contributed by atoms with van der Waals surface area (Å²) in [6, 6.07) is 10.6. The number of fused-ring (bicyclic) bond motifs is 1. The van der Waals surface area contributed by atoms with Crippen LogP contribution < -0.4 is 15.1 Å². The topological polar surface area (TPSA) is 99.3 Å². The number of amides is 1. The zero-order valence-electron chi connectivity index (χ0n) is 16.6. The highest BCUT2D eigenvalue weighted by atomic mass is 35.5. The number of halogens is 1. The van der Waals surface area contributed by atoms with E-state index in [-0.39, 0.29) is 15.8 Å². The Morgan fingerprint density at radius 1 is 1.17 bits per heavy atom. The quantitative estimate of drug-likeness (QED) is 0.541. The molecule has 0 spiro atoms. The largest absolute Gasteiger partial charge is 0.360 e. The van der Waals surface area contributed by atoms with Gasteiger partial charge in [0, 0.05) is 35.7 Å². The van der Waals surface area contributed by atoms with Crippen molar-refractivity contribution in [2.45, 2.75) is 24.7 Å². The third-order valence-electron chi connectivity index (χ3n) is 4.76. The average Bonchev–Trinajstić information content (AvgIpc) is 2.74. The van der Waals surface area contributed by atoms with E-state index < -0.39 is 21.4 Å². The lowest BCUT2D eigenvalue weighted by molar-refractivity contribution is 0.0952. The van der Waals surface area contributed by atoms with Crippen LogP contribution in [0.25, 0.3) is 10.9 Å². The number of benzene rings is 2. The van der Waals surface area contributed by atoms with E-state index in [0.29, 0.717) is 22.8 Å². The van der Waals surface area contributed by atoms with Crippen LogP contribution in [0.4, 0.5) is 5.69 Å². The standard InChI is InChI=1S/C21H22ClN3O4S/c1-3-4-11-23-21(27)18-13-24-19-10-9-16(12-17(19)20(18)26)30(28,29)25(2)15-7-5-14(22)6-8-15/h5-10,12-13H,3-4,11H2,1-2H3,(H,23,27)(H,24,26). The van der Waals surface area contributed by atoms with Crippen molar-refractivity contribution in [3.05, 3.63) is 69.5 Å². The number of rotatable bonds is 7. The highest BCUT2D eigenvalue weighted by molar-refractivity contribution is 7.92. The molecule has 0 saturated heterocycles. The minimum atomic E-state index is -3.93. The van der Waals surface area contributed by atoms with Crippen molar-refractivity contribution in [3.8, 4) is 0 Å². The number of H-pyrrole nitrogens is 1. The summed E-state index contributed by atoms with van der Waals surface area (Å²) in [5, 5.41) is 3.32. The van der Waals surface area contributed by atoms with E-state index in [4.69, 9.17) is 11.6 Å². The molecule has 0 aliphatic heterocycles. The molecule has 0 aliphatic rings. The molecule has 0 atom stereocenters. The lowest BCUT2D eigenvalue weighted by Gasteiger charge is -2.19. The Labute approximate surface area is 179 Å². The van der Waals surface area contributed by atoms with Gasteiger partial charge in [-0.15, -0.1) is 0 Å². The first-order valence-electron chi connectivity index (χ1n) is 9.44. The van der Waals surface area contributed by atoms with Gasteiger partial charge in [0.15, 0.2) is 0 Å². The number of hydrogen-bond donors (Lipinski definition) is 2. The van der Waals surface area contributed by atoms with Crippen molar-refractivity contribution in [2.24, 2.45) is 0 Å². The number of aromatic nitrogens is 1. The summed E-state index contributed by atoms with van der Waals surface area (Å²) >= 11 is 5.87. The van der Waals surface area contributed by atoms with Crippen LogP contribution in [0.5, 0.6) is 0 Å². The van der Waals surface area contributed by atoms with Crippen LogP contribution in [0.15, 0.2) is 58.4 Å². The fourth-order valence-corrected chi connectivity index (χ4v) is 4.30. The first kappa shape index (κ1) is 21.9. The number of pyridine rings is 1. The number of unbranched alkanes of at least 4 members (excludes halogenated alkanes) is 1. The Kier molecular flexibility index (Phi) is 6.48. The number of sulfonamides is 1. The maximum absolute atomic E-state index is 13.1. The summed E-state index contributed by atoms with van der Waals surface area (Å²) in [7, 11) is -2.51. The molecule has 3 aromatic rings. The van der Waals surface area contributed by atoms with E-state index in [9.17, 15) is 18.0 Å². The summed E-state index contributed by atoms with van der Waals surface area (Å²) in [4.78, 5) is 28.0. The van der Waals surface area contributed by atoms with Gasteiger partial charge in [-0.2, -0.15) is 0 Å². The summed E-state index contributed by atoms with van der Waals surface area (Å²) in [6.45, 7) is 2.46. The summed E-state index contributed by atoms with van der Waals surface area (Å²) in [5.74, 6) is -0.488. The number of aromatic amines is 1. The van der Waals surface area contributed by atoms with Crippen molar-refractivity contribution in [1.29, 1.82) is 0 Å². The molecule has 0 bridgehead atoms. The van der Waals surface area contributed by atoms with Crippen LogP contribution in [0.2, 0.25) is 5.02 Å². The molecule has 1 heterocycles. The molecule has 0 aliphatic carbocycles. The van der Waals surface area contributed by atoms with Gasteiger partial charge in [0.1, 0.15) is 5.56 Å². The van der Waals surface area contributed by atoms with Gasteiger partial charge in [-0.3, -0.25) is 13.9 Å². The molecule has 2 N–H and O–H groups in total. The van der Waals surface area contributed by atoms with Gasteiger partial charge >= 0.3 is 0 Å². The molecule has 0 saturated carbocycles. The van der Waals surface area contributed by atoms with E-state index >= 15 is 0 Å². The molecule has 1 amide bonds. The molecule has 0 unspecified atom stereocenters. The van der Waals surface area contributed by atoms with Crippen LogP contribution in [-0.2, 0) is 10.0 Å². The highest BCUT2D eigenvalue weighted by Crippen LogP contribution is 2.25. The highest BCUT2D eigenvalue weighted by Gasteiger charge is 2.23. The first-order chi connectivity index (χ1) is 14.3. The average molecular weight is 448 g/mol. The fraction of sp³-hybridized carbons (Fsp3) is 0.238. The van der Waals surface area contributed by atoms with Crippen LogP contribution in [0.3, 0.4) is 0 Å². The van der Waals surface area contributed by atoms with Crippen molar-refractivity contribution in [2.75, 3.05) is 17.9 Å². The SMILES string of the molecule is CCCCNC(=O)c1c[nH]c2ccc(S(=O)(=O)N(C)c3ccc(Cl)cc3)cc2c1=O. The summed E-state index contributed by atoms with van der Waals surface area (Å²) in [5.41, 5.74) is 0.291. The molecule has 1 aromatic heterocycles. The predicted octanol–water partition coefficient (Wildman–Crippen LogP) is 3.54. The number of hydrogen-bond acceptors (Lipinski definition) is 4. The van der Waals surface area contributed by atoms with Crippen molar-refractivity contribution in [1.82, 2.24) is 10.3 Å². The third-order valence-corrected chi connectivity index (χ3v) is 6.79. The molecule has 0 radical (unpaired) electrons. The van der Waals surface area contributed by atoms with Gasteiger partial charge in [0.05, 0.1) is 10.6 Å². The van der Waals surface area contributed by atoms with Crippen LogP contribution in [-0.4, -0.2) is 32.9 Å². The monoisotopic (exact) mass is 447 g/mol. The van der Waals surface area contributed by atoms with Crippen molar-refractivity contribution < 1.29 is 13.2 Å². The van der Waals surface area contributed by atoms with Crippen molar-refractivity contribution >= 4 is 44.1 Å². The van der Waals surface area contributed by atoms with Gasteiger partial charge in [-0.1, -0.05) is 24.9 Å². The second-order valence-electron chi connectivity index (χ2n) is 6.80. The lowest BCUT2D eigenvalue weighted by atomic mass is 10.1. The molecule has 7 nitrogen and oxygen atoms in total. The molecular formula is C21H22ClN3O4S. The van der Waals surface area contributed by atoms with Crippen LogP contribution >= 0.6 is 11.6 Å². The van der Waals surface area contributed by atoms with Crippen LogP contribution in [0.1, 0.15) is 30.1 Å². The van der Waals surface area contributed by atoms with Crippen molar-refractivity contribution in [3.63, 3.8) is 0 Å². The lowest BCUT2D eigenvalue weighted by Crippen LogP contribution is -2.30. The minimum absolute atomic E-state index is 0.0542. The van der Waals surface area contributed by atoms with Gasteiger partial charge in [-0.05, 0) is 48.9 Å². The number of nitrogens with zero attached hydrogens (tertiary/aromatic N) is 1. The zero-order chi connectivity index (χ0) is 21.9. The van der Waals surface area contributed by atoms with Gasteiger partial charge in [0.25, 0.3) is 15.9 Å². The molecule has 3 rings (SSSR count). The van der Waals surface area contributed by atoms with Gasteiger partial charge in [-0.25, -0.2) is 8.42 Å². The fourth-order valence-electron chi connectivity index (χ4n) is 2.95. The molecule has 9 heteroatoms. The smallest absolute Gasteiger partial charge is 0.264 e. The van der Waals surface area contributed by atoms with E-state index in [1.807, 2.05) is 6.92 Å². The van der Waals surface area contributed by atoms with Crippen LogP contribution in [0, 0.1) is 0 Å². The molecular weight excluding hydrogens is 426 g/mol. The maximum Gasteiger partial charge on any atom is 0.264 e. The predicted molar refractivity (Wildman–Crippen MR) is 119 cm³/mol. The van der Waals surface area contributed by atoms with Gasteiger partial charge < -0.3 is 10.3 Å². The van der Waals surface area contributed by atoms with Gasteiger partial charge in [0.2, 0.25) is 5.43 Å². The second-order valence-corrected chi connectivity index (χ2v) is 9.20. The molecule has 30 heavy (non-hydrogen) atoms. The number of carbonyl (C=O) groups excluding carboxylic acids is 1. The third kappa shape index (κ3) is 4.34.